The highest BCUT2D eigenvalue weighted by atomic mass is 32.2. The molecule has 1 fully saturated rings. The van der Waals surface area contributed by atoms with Crippen LogP contribution in [0.3, 0.4) is 0 Å². The molecule has 1 rings (SSSR count). The Hall–Kier alpha value is 0.230. The molecule has 84 valence electrons. The second kappa shape index (κ2) is 6.67. The van der Waals surface area contributed by atoms with E-state index in [0.717, 1.165) is 11.8 Å². The van der Waals surface area contributed by atoms with Crippen LogP contribution in [0.1, 0.15) is 19.8 Å². The number of rotatable bonds is 6. The van der Waals surface area contributed by atoms with Gasteiger partial charge in [0.05, 0.1) is 6.04 Å². The molecule has 0 amide bonds. The van der Waals surface area contributed by atoms with Gasteiger partial charge < -0.3 is 14.8 Å². The molecule has 0 aromatic heterocycles. The van der Waals surface area contributed by atoms with Crippen molar-refractivity contribution in [3.05, 3.63) is 0 Å². The van der Waals surface area contributed by atoms with E-state index in [2.05, 4.69) is 24.0 Å². The molecule has 3 nitrogen and oxygen atoms in total. The van der Waals surface area contributed by atoms with Crippen LogP contribution >= 0.6 is 11.8 Å². The fraction of sp³-hybridized carbons (Fsp3) is 1.00. The van der Waals surface area contributed by atoms with Crippen LogP contribution in [0.15, 0.2) is 0 Å². The SMILES string of the molecule is COC(OC)C(C)NCC1CCCS1. The summed E-state index contributed by atoms with van der Waals surface area (Å²) in [6.45, 7) is 3.16. The minimum Gasteiger partial charge on any atom is -0.354 e. The van der Waals surface area contributed by atoms with Crippen molar-refractivity contribution in [1.82, 2.24) is 5.32 Å². The third kappa shape index (κ3) is 3.77. The van der Waals surface area contributed by atoms with E-state index in [1.807, 2.05) is 0 Å². The molecule has 0 saturated carbocycles. The van der Waals surface area contributed by atoms with E-state index < -0.39 is 0 Å². The van der Waals surface area contributed by atoms with Gasteiger partial charge in [0, 0.05) is 26.0 Å². The average Bonchev–Trinajstić information content (AvgIpc) is 2.69. The zero-order valence-corrected chi connectivity index (χ0v) is 10.1. The smallest absolute Gasteiger partial charge is 0.171 e. The zero-order chi connectivity index (χ0) is 10.4. The molecule has 2 unspecified atom stereocenters. The average molecular weight is 219 g/mol. The van der Waals surface area contributed by atoms with E-state index in [-0.39, 0.29) is 12.3 Å². The normalized spacial score (nSPS) is 24.4. The molecule has 0 aromatic carbocycles. The van der Waals surface area contributed by atoms with Crippen LogP contribution in [0.4, 0.5) is 0 Å². The summed E-state index contributed by atoms with van der Waals surface area (Å²) in [5, 5.41) is 4.24. The number of thioether (sulfide) groups is 1. The third-order valence-corrected chi connectivity index (χ3v) is 3.96. The van der Waals surface area contributed by atoms with Gasteiger partial charge in [-0.2, -0.15) is 11.8 Å². The van der Waals surface area contributed by atoms with Gasteiger partial charge in [0.15, 0.2) is 6.29 Å². The summed E-state index contributed by atoms with van der Waals surface area (Å²) in [5.74, 6) is 1.32. The van der Waals surface area contributed by atoms with E-state index in [4.69, 9.17) is 9.47 Å². The number of nitrogens with one attached hydrogen (secondary N) is 1. The van der Waals surface area contributed by atoms with Gasteiger partial charge in [0.1, 0.15) is 0 Å². The van der Waals surface area contributed by atoms with Crippen molar-refractivity contribution in [2.75, 3.05) is 26.5 Å². The largest absolute Gasteiger partial charge is 0.354 e. The number of ether oxygens (including phenoxy) is 2. The molecule has 1 saturated heterocycles. The summed E-state index contributed by atoms with van der Waals surface area (Å²) in [5.41, 5.74) is 0. The number of hydrogen-bond acceptors (Lipinski definition) is 4. The Labute approximate surface area is 90.9 Å². The molecule has 0 aromatic rings. The minimum atomic E-state index is -0.138. The highest BCUT2D eigenvalue weighted by Gasteiger charge is 2.19. The Morgan fingerprint density at radius 3 is 2.64 bits per heavy atom. The lowest BCUT2D eigenvalue weighted by atomic mass is 10.2. The van der Waals surface area contributed by atoms with Crippen LogP contribution in [-0.2, 0) is 9.47 Å². The van der Waals surface area contributed by atoms with Gasteiger partial charge in [-0.05, 0) is 25.5 Å². The van der Waals surface area contributed by atoms with Crippen molar-refractivity contribution in [3.8, 4) is 0 Å². The van der Waals surface area contributed by atoms with Gasteiger partial charge in [-0.3, -0.25) is 0 Å². The Morgan fingerprint density at radius 1 is 1.43 bits per heavy atom. The second-order valence-corrected chi connectivity index (χ2v) is 5.08. The van der Waals surface area contributed by atoms with Crippen LogP contribution in [-0.4, -0.2) is 44.1 Å². The van der Waals surface area contributed by atoms with Gasteiger partial charge >= 0.3 is 0 Å². The van der Waals surface area contributed by atoms with E-state index in [9.17, 15) is 0 Å². The van der Waals surface area contributed by atoms with Gasteiger partial charge in [-0.15, -0.1) is 0 Å². The van der Waals surface area contributed by atoms with Crippen molar-refractivity contribution in [3.63, 3.8) is 0 Å². The highest BCUT2D eigenvalue weighted by molar-refractivity contribution is 8.00. The fourth-order valence-electron chi connectivity index (χ4n) is 1.72. The van der Waals surface area contributed by atoms with Gasteiger partial charge in [0.25, 0.3) is 0 Å². The fourth-order valence-corrected chi connectivity index (χ4v) is 2.94. The number of hydrogen-bond donors (Lipinski definition) is 1. The molecule has 2 atom stereocenters. The Bertz CT molecular complexity index is 147. The summed E-state index contributed by atoms with van der Waals surface area (Å²) < 4.78 is 10.4. The summed E-state index contributed by atoms with van der Waals surface area (Å²) in [6, 6.07) is 0.256. The quantitative estimate of drug-likeness (QED) is 0.686. The predicted molar refractivity (Wildman–Crippen MR) is 60.8 cm³/mol. The lowest BCUT2D eigenvalue weighted by Crippen LogP contribution is -2.42. The molecular weight excluding hydrogens is 198 g/mol. The van der Waals surface area contributed by atoms with Crippen LogP contribution in [0.2, 0.25) is 0 Å². The molecule has 0 aliphatic carbocycles. The standard InChI is InChI=1S/C10H21NO2S/c1-8(10(12-2)13-3)11-7-9-5-4-6-14-9/h8-11H,4-7H2,1-3H3. The molecule has 0 bridgehead atoms. The van der Waals surface area contributed by atoms with Crippen LogP contribution < -0.4 is 5.32 Å². The topological polar surface area (TPSA) is 30.5 Å². The van der Waals surface area contributed by atoms with E-state index in [1.54, 1.807) is 14.2 Å². The van der Waals surface area contributed by atoms with Gasteiger partial charge in [0.2, 0.25) is 0 Å². The molecule has 1 N–H and O–H groups in total. The zero-order valence-electron chi connectivity index (χ0n) is 9.29. The monoisotopic (exact) mass is 219 g/mol. The van der Waals surface area contributed by atoms with Crippen molar-refractivity contribution in [2.45, 2.75) is 37.3 Å². The maximum atomic E-state index is 5.18. The third-order valence-electron chi connectivity index (χ3n) is 2.56. The summed E-state index contributed by atoms with van der Waals surface area (Å²) in [7, 11) is 3.35. The first-order chi connectivity index (χ1) is 6.77. The van der Waals surface area contributed by atoms with Gasteiger partial charge in [-0.25, -0.2) is 0 Å². The molecular formula is C10H21NO2S. The van der Waals surface area contributed by atoms with E-state index in [1.165, 1.54) is 18.6 Å². The molecule has 1 aliphatic rings. The van der Waals surface area contributed by atoms with E-state index in [0.29, 0.717) is 0 Å². The first kappa shape index (κ1) is 12.3. The summed E-state index contributed by atoms with van der Waals surface area (Å²) >= 11 is 2.07. The molecule has 0 spiro atoms. The second-order valence-electron chi connectivity index (χ2n) is 3.67. The summed E-state index contributed by atoms with van der Waals surface area (Å²) in [6.07, 6.45) is 2.57. The Morgan fingerprint density at radius 2 is 2.14 bits per heavy atom. The molecule has 0 radical (unpaired) electrons. The highest BCUT2D eigenvalue weighted by Crippen LogP contribution is 2.25. The number of methoxy groups -OCH3 is 2. The van der Waals surface area contributed by atoms with E-state index >= 15 is 0 Å². The minimum absolute atomic E-state index is 0.138. The molecule has 1 heterocycles. The van der Waals surface area contributed by atoms with Crippen LogP contribution in [0.25, 0.3) is 0 Å². The Balaban J connectivity index is 2.15. The maximum Gasteiger partial charge on any atom is 0.171 e. The summed E-state index contributed by atoms with van der Waals surface area (Å²) in [4.78, 5) is 0. The van der Waals surface area contributed by atoms with Crippen molar-refractivity contribution in [1.29, 1.82) is 0 Å². The Kier molecular flexibility index (Phi) is 5.86. The predicted octanol–water partition coefficient (Wildman–Crippen LogP) is 1.48. The molecule has 14 heavy (non-hydrogen) atoms. The first-order valence-corrected chi connectivity index (χ1v) is 6.23. The van der Waals surface area contributed by atoms with Crippen molar-refractivity contribution in [2.24, 2.45) is 0 Å². The maximum absolute atomic E-state index is 5.18. The molecule has 1 aliphatic heterocycles. The lowest BCUT2D eigenvalue weighted by molar-refractivity contribution is -0.119. The van der Waals surface area contributed by atoms with Crippen LogP contribution in [0, 0.1) is 0 Å². The van der Waals surface area contributed by atoms with Crippen LogP contribution in [0.5, 0.6) is 0 Å². The lowest BCUT2D eigenvalue weighted by Gasteiger charge is -2.23. The van der Waals surface area contributed by atoms with Crippen molar-refractivity contribution >= 4 is 11.8 Å². The molecule has 4 heteroatoms. The van der Waals surface area contributed by atoms with Gasteiger partial charge in [-0.1, -0.05) is 0 Å². The first-order valence-electron chi connectivity index (χ1n) is 5.18. The van der Waals surface area contributed by atoms with Crippen molar-refractivity contribution < 1.29 is 9.47 Å².